The quantitative estimate of drug-likeness (QED) is 0.900. The van der Waals surface area contributed by atoms with Gasteiger partial charge in [-0.3, -0.25) is 4.79 Å². The van der Waals surface area contributed by atoms with Gasteiger partial charge in [0.15, 0.2) is 5.78 Å². The Kier molecular flexibility index (Phi) is 3.63. The van der Waals surface area contributed by atoms with Crippen molar-refractivity contribution < 1.29 is 14.6 Å². The van der Waals surface area contributed by atoms with E-state index >= 15 is 0 Å². The minimum atomic E-state index is -0.358. The van der Waals surface area contributed by atoms with Gasteiger partial charge in [-0.25, -0.2) is 0 Å². The number of hydrogen-bond acceptors (Lipinski definition) is 4. The highest BCUT2D eigenvalue weighted by Crippen LogP contribution is 2.60. The number of carbonyl (C=O) groups excluding carboxylic acids is 1. The van der Waals surface area contributed by atoms with Crippen LogP contribution >= 0.6 is 11.8 Å². The zero-order valence-electron chi connectivity index (χ0n) is 14.7. The molecule has 3 nitrogen and oxygen atoms in total. The molecule has 4 rings (SSSR count). The normalized spacial score (nSPS) is 34.3. The predicted octanol–water partition coefficient (Wildman–Crippen LogP) is 3.99. The Morgan fingerprint density at radius 2 is 1.96 bits per heavy atom. The minimum Gasteiger partial charge on any atom is -0.511 e. The molecule has 3 aliphatic rings. The molecule has 0 unspecified atom stereocenters. The molecule has 2 fully saturated rings. The Hall–Kier alpha value is -1.26. The summed E-state index contributed by atoms with van der Waals surface area (Å²) in [5.74, 6) is 0.838. The number of carbonyl (C=O) groups is 1. The van der Waals surface area contributed by atoms with Gasteiger partial charge in [-0.15, -0.1) is 0 Å². The van der Waals surface area contributed by atoms with E-state index in [0.29, 0.717) is 5.57 Å². The van der Waals surface area contributed by atoms with Gasteiger partial charge in [-0.05, 0) is 56.6 Å². The summed E-state index contributed by atoms with van der Waals surface area (Å²) >= 11 is 1.74. The summed E-state index contributed by atoms with van der Waals surface area (Å²) in [7, 11) is 0. The fourth-order valence-corrected chi connectivity index (χ4v) is 6.16. The van der Waals surface area contributed by atoms with Gasteiger partial charge >= 0.3 is 0 Å². The Morgan fingerprint density at radius 1 is 1.29 bits per heavy atom. The van der Waals surface area contributed by atoms with Gasteiger partial charge in [0.25, 0.3) is 0 Å². The highest BCUT2D eigenvalue weighted by atomic mass is 32.2. The molecule has 2 bridgehead atoms. The van der Waals surface area contributed by atoms with Crippen molar-refractivity contribution in [3.63, 3.8) is 0 Å². The van der Waals surface area contributed by atoms with Crippen LogP contribution in [0.1, 0.15) is 35.1 Å². The molecule has 0 aromatic heterocycles. The van der Waals surface area contributed by atoms with E-state index in [1.165, 1.54) is 5.56 Å². The van der Waals surface area contributed by atoms with Gasteiger partial charge in [-0.2, -0.15) is 11.8 Å². The fourth-order valence-electron chi connectivity index (χ4n) is 5.28. The number of aliphatic hydroxyl groups is 1. The second-order valence-corrected chi connectivity index (χ2v) is 8.46. The number of fused-ring (bicyclic) bond motifs is 5. The lowest BCUT2D eigenvalue weighted by molar-refractivity contribution is -0.118. The van der Waals surface area contributed by atoms with E-state index in [2.05, 4.69) is 25.3 Å². The highest BCUT2D eigenvalue weighted by Gasteiger charge is 2.66. The standard InChI is InChI=1S/C20H24O3S/c1-10-7-11(2)14(12(3)8-10)16-18(21)15-13-5-6-20(23-13,9-24-4)17(15)19(16)22/h7-8,13,15,17,22H,5-6,9H2,1-4H3/t13-,15-,17+,20-/m0/s1. The lowest BCUT2D eigenvalue weighted by atomic mass is 9.73. The van der Waals surface area contributed by atoms with Crippen LogP contribution in [0.2, 0.25) is 0 Å². The third-order valence-electron chi connectivity index (χ3n) is 5.98. The predicted molar refractivity (Wildman–Crippen MR) is 97.4 cm³/mol. The van der Waals surface area contributed by atoms with Crippen molar-refractivity contribution in [2.24, 2.45) is 11.8 Å². The maximum atomic E-state index is 13.2. The number of rotatable bonds is 3. The molecule has 2 aliphatic heterocycles. The fraction of sp³-hybridized carbons (Fsp3) is 0.550. The summed E-state index contributed by atoms with van der Waals surface area (Å²) in [5, 5.41) is 11.1. The van der Waals surface area contributed by atoms with Crippen molar-refractivity contribution >= 4 is 23.1 Å². The molecule has 4 atom stereocenters. The molecule has 4 heteroatoms. The van der Waals surface area contributed by atoms with Gasteiger partial charge in [0.05, 0.1) is 29.1 Å². The molecule has 1 aliphatic carbocycles. The molecule has 24 heavy (non-hydrogen) atoms. The second kappa shape index (κ2) is 5.37. The van der Waals surface area contributed by atoms with Crippen LogP contribution in [0.3, 0.4) is 0 Å². The van der Waals surface area contributed by atoms with E-state index in [0.717, 1.165) is 35.3 Å². The Morgan fingerprint density at radius 3 is 2.58 bits per heavy atom. The van der Waals surface area contributed by atoms with Crippen LogP contribution in [0.25, 0.3) is 5.57 Å². The van der Waals surface area contributed by atoms with Gasteiger partial charge in [0.1, 0.15) is 5.76 Å². The first-order chi connectivity index (χ1) is 11.4. The van der Waals surface area contributed by atoms with Gasteiger partial charge in [-0.1, -0.05) is 17.7 Å². The van der Waals surface area contributed by atoms with Crippen molar-refractivity contribution in [2.45, 2.75) is 45.3 Å². The summed E-state index contributed by atoms with van der Waals surface area (Å²) in [5.41, 5.74) is 4.44. The third-order valence-corrected chi connectivity index (χ3v) is 6.76. The molecular weight excluding hydrogens is 320 g/mol. The van der Waals surface area contributed by atoms with Crippen molar-refractivity contribution in [3.05, 3.63) is 40.1 Å². The number of benzene rings is 1. The summed E-state index contributed by atoms with van der Waals surface area (Å²) in [4.78, 5) is 13.2. The molecule has 1 N–H and O–H groups in total. The summed E-state index contributed by atoms with van der Waals surface area (Å²) in [6.45, 7) is 6.12. The second-order valence-electron chi connectivity index (χ2n) is 7.59. The zero-order chi connectivity index (χ0) is 17.2. The summed E-state index contributed by atoms with van der Waals surface area (Å²) in [6, 6.07) is 4.18. The molecule has 0 radical (unpaired) electrons. The van der Waals surface area contributed by atoms with E-state index < -0.39 is 0 Å². The molecule has 0 amide bonds. The molecule has 2 saturated heterocycles. The first-order valence-electron chi connectivity index (χ1n) is 8.62. The van der Waals surface area contributed by atoms with Crippen LogP contribution in [0.15, 0.2) is 17.9 Å². The van der Waals surface area contributed by atoms with Crippen molar-refractivity contribution in [2.75, 3.05) is 12.0 Å². The van der Waals surface area contributed by atoms with Crippen molar-refractivity contribution in [1.29, 1.82) is 0 Å². The summed E-state index contributed by atoms with van der Waals surface area (Å²) < 4.78 is 6.24. The number of ether oxygens (including phenoxy) is 1. The van der Waals surface area contributed by atoms with Gasteiger partial charge in [0, 0.05) is 5.75 Å². The number of allylic oxidation sites excluding steroid dienone is 1. The topological polar surface area (TPSA) is 46.5 Å². The van der Waals surface area contributed by atoms with E-state index in [4.69, 9.17) is 4.74 Å². The number of ketones is 1. The lowest BCUT2D eigenvalue weighted by Crippen LogP contribution is -2.40. The molecule has 0 spiro atoms. The molecule has 2 heterocycles. The average Bonchev–Trinajstić information content (AvgIpc) is 3.12. The first-order valence-corrected chi connectivity index (χ1v) is 10.0. The lowest BCUT2D eigenvalue weighted by Gasteiger charge is -2.31. The van der Waals surface area contributed by atoms with E-state index in [-0.39, 0.29) is 35.1 Å². The number of thioether (sulfide) groups is 1. The van der Waals surface area contributed by atoms with Crippen LogP contribution in [-0.4, -0.2) is 34.6 Å². The highest BCUT2D eigenvalue weighted by molar-refractivity contribution is 7.98. The minimum absolute atomic E-state index is 0.0274. The summed E-state index contributed by atoms with van der Waals surface area (Å²) in [6.07, 6.45) is 3.90. The van der Waals surface area contributed by atoms with Crippen LogP contribution in [-0.2, 0) is 9.53 Å². The van der Waals surface area contributed by atoms with Gasteiger partial charge < -0.3 is 9.84 Å². The number of aliphatic hydroxyl groups excluding tert-OH is 1. The maximum absolute atomic E-state index is 13.2. The third kappa shape index (κ3) is 1.99. The van der Waals surface area contributed by atoms with Gasteiger partial charge in [0.2, 0.25) is 0 Å². The van der Waals surface area contributed by atoms with Crippen LogP contribution in [0, 0.1) is 32.6 Å². The van der Waals surface area contributed by atoms with Crippen LogP contribution in [0.5, 0.6) is 0 Å². The molecule has 0 saturated carbocycles. The van der Waals surface area contributed by atoms with Crippen LogP contribution < -0.4 is 0 Å². The van der Waals surface area contributed by atoms with Crippen molar-refractivity contribution in [3.8, 4) is 0 Å². The Balaban J connectivity index is 1.87. The van der Waals surface area contributed by atoms with E-state index in [1.807, 2.05) is 13.8 Å². The molecular formula is C20H24O3S. The largest absolute Gasteiger partial charge is 0.511 e. The SMILES string of the molecule is CSC[C@]12CC[C@H](O1)[C@@H]1C(=O)C(c3c(C)cc(C)cc3C)=C(O)[C@@H]12. The Labute approximate surface area is 147 Å². The number of aryl methyl sites for hydroxylation is 3. The number of hydrogen-bond donors (Lipinski definition) is 1. The number of Topliss-reactive ketones (excluding diaryl/α,β-unsaturated/α-hetero) is 1. The molecule has 128 valence electrons. The van der Waals surface area contributed by atoms with Crippen molar-refractivity contribution in [1.82, 2.24) is 0 Å². The smallest absolute Gasteiger partial charge is 0.173 e. The van der Waals surface area contributed by atoms with E-state index in [1.54, 1.807) is 11.8 Å². The molecule has 1 aromatic carbocycles. The first kappa shape index (κ1) is 16.2. The molecule has 1 aromatic rings. The Bertz CT molecular complexity index is 743. The zero-order valence-corrected chi connectivity index (χ0v) is 15.5. The monoisotopic (exact) mass is 344 g/mol. The average molecular weight is 344 g/mol. The van der Waals surface area contributed by atoms with E-state index in [9.17, 15) is 9.90 Å². The van der Waals surface area contributed by atoms with Crippen LogP contribution in [0.4, 0.5) is 0 Å². The maximum Gasteiger partial charge on any atom is 0.173 e.